The molecule has 326 valence electrons. The van der Waals surface area contributed by atoms with Crippen molar-refractivity contribution in [3.8, 4) is 51.2 Å². The topological polar surface area (TPSA) is 66.6 Å². The molecule has 15 aromatic rings. The lowest BCUT2D eigenvalue weighted by molar-refractivity contribution is 0.673. The molecular formula is C63H38N6O. The van der Waals surface area contributed by atoms with Crippen molar-refractivity contribution in [1.29, 1.82) is 0 Å². The van der Waals surface area contributed by atoms with Gasteiger partial charge in [0.15, 0.2) is 17.5 Å². The third-order valence-corrected chi connectivity index (χ3v) is 14.1. The van der Waals surface area contributed by atoms with E-state index in [2.05, 4.69) is 177 Å². The number of aromatic nitrogens is 6. The maximum absolute atomic E-state index is 6.76. The van der Waals surface area contributed by atoms with Crippen molar-refractivity contribution in [2.75, 3.05) is 0 Å². The van der Waals surface area contributed by atoms with Crippen LogP contribution in [0.5, 0.6) is 0 Å². The van der Waals surface area contributed by atoms with Crippen molar-refractivity contribution in [3.63, 3.8) is 0 Å². The van der Waals surface area contributed by atoms with Gasteiger partial charge < -0.3 is 18.1 Å². The first-order valence-corrected chi connectivity index (χ1v) is 23.6. The minimum absolute atomic E-state index is 0.617. The Hall–Kier alpha value is -9.59. The minimum atomic E-state index is 0.617. The predicted molar refractivity (Wildman–Crippen MR) is 286 cm³/mol. The lowest BCUT2D eigenvalue weighted by atomic mass is 10.1. The molecule has 7 heteroatoms. The Labute approximate surface area is 400 Å². The summed E-state index contributed by atoms with van der Waals surface area (Å²) >= 11 is 0. The monoisotopic (exact) mass is 894 g/mol. The van der Waals surface area contributed by atoms with Crippen molar-refractivity contribution in [2.45, 2.75) is 0 Å². The second kappa shape index (κ2) is 15.0. The summed E-state index contributed by atoms with van der Waals surface area (Å²) in [4.78, 5) is 15.3. The third kappa shape index (κ3) is 5.66. The van der Waals surface area contributed by atoms with Crippen LogP contribution in [-0.2, 0) is 0 Å². The molecule has 0 N–H and O–H groups in total. The summed E-state index contributed by atoms with van der Waals surface area (Å²) in [5, 5.41) is 9.09. The van der Waals surface area contributed by atoms with Gasteiger partial charge in [0.2, 0.25) is 0 Å². The Morgan fingerprint density at radius 2 is 0.771 bits per heavy atom. The highest BCUT2D eigenvalue weighted by Gasteiger charge is 2.25. The van der Waals surface area contributed by atoms with Gasteiger partial charge in [-0.2, -0.15) is 0 Å². The van der Waals surface area contributed by atoms with Gasteiger partial charge in [-0.15, -0.1) is 0 Å². The molecule has 70 heavy (non-hydrogen) atoms. The van der Waals surface area contributed by atoms with Crippen LogP contribution in [0, 0.1) is 0 Å². The van der Waals surface area contributed by atoms with E-state index in [1.165, 1.54) is 10.8 Å². The number of hydrogen-bond donors (Lipinski definition) is 0. The molecule has 0 aliphatic carbocycles. The lowest BCUT2D eigenvalue weighted by Crippen LogP contribution is -2.00. The van der Waals surface area contributed by atoms with Crippen molar-refractivity contribution in [3.05, 3.63) is 231 Å². The number of rotatable bonds is 6. The Bertz CT molecular complexity index is 4510. The van der Waals surface area contributed by atoms with E-state index in [1.54, 1.807) is 0 Å². The second-order valence-corrected chi connectivity index (χ2v) is 18.0. The van der Waals surface area contributed by atoms with Crippen LogP contribution in [-0.4, -0.2) is 28.7 Å². The van der Waals surface area contributed by atoms with Crippen LogP contribution >= 0.6 is 0 Å². The summed E-state index contributed by atoms with van der Waals surface area (Å²) in [7, 11) is 0. The molecule has 7 nitrogen and oxygen atoms in total. The number of nitrogens with zero attached hydrogens (tertiary/aromatic N) is 6. The van der Waals surface area contributed by atoms with Gasteiger partial charge in [0.25, 0.3) is 0 Å². The predicted octanol–water partition coefficient (Wildman–Crippen LogP) is 16.1. The molecule has 0 amide bonds. The second-order valence-electron chi connectivity index (χ2n) is 18.0. The van der Waals surface area contributed by atoms with E-state index in [0.717, 1.165) is 110 Å². The molecule has 5 aromatic heterocycles. The molecule has 0 spiro atoms. The summed E-state index contributed by atoms with van der Waals surface area (Å²) in [6, 6.07) is 81.4. The minimum Gasteiger partial charge on any atom is -0.455 e. The normalized spacial score (nSPS) is 12.0. The first-order valence-electron chi connectivity index (χ1n) is 23.6. The molecule has 15 rings (SSSR count). The fraction of sp³-hybridized carbons (Fsp3) is 0. The van der Waals surface area contributed by atoms with Crippen molar-refractivity contribution < 1.29 is 4.42 Å². The van der Waals surface area contributed by atoms with E-state index in [9.17, 15) is 0 Å². The van der Waals surface area contributed by atoms with Gasteiger partial charge in [-0.05, 0) is 97.1 Å². The number of para-hydroxylation sites is 4. The summed E-state index contributed by atoms with van der Waals surface area (Å²) in [6.07, 6.45) is 0. The van der Waals surface area contributed by atoms with Crippen LogP contribution < -0.4 is 0 Å². The molecule has 0 saturated carbocycles. The van der Waals surface area contributed by atoms with E-state index in [4.69, 9.17) is 19.4 Å². The largest absolute Gasteiger partial charge is 0.455 e. The van der Waals surface area contributed by atoms with Crippen LogP contribution in [0.3, 0.4) is 0 Å². The number of furan rings is 1. The third-order valence-electron chi connectivity index (χ3n) is 14.1. The highest BCUT2D eigenvalue weighted by Crippen LogP contribution is 2.46. The van der Waals surface area contributed by atoms with Gasteiger partial charge in [-0.3, -0.25) is 0 Å². The van der Waals surface area contributed by atoms with E-state index in [1.807, 2.05) is 66.7 Å². The van der Waals surface area contributed by atoms with Crippen LogP contribution in [0.1, 0.15) is 0 Å². The quantitative estimate of drug-likeness (QED) is 0.167. The smallest absolute Gasteiger partial charge is 0.164 e. The SMILES string of the molecule is c1ccc(-c2nc(-c3ccccc3)nc(-c3ccc4c(c3)c3cc(-n5c6ccccc6c6c5ccc5c7c8oc9ccccc9c8ccc7n(-c7ccccc7)c56)ccc3n4-c3ccccc3)n2)cc1. The zero-order valence-electron chi connectivity index (χ0n) is 37.5. The van der Waals surface area contributed by atoms with Crippen LogP contribution in [0.15, 0.2) is 235 Å². The summed E-state index contributed by atoms with van der Waals surface area (Å²) < 4.78 is 14.0. The molecule has 0 bridgehead atoms. The summed E-state index contributed by atoms with van der Waals surface area (Å²) in [5.74, 6) is 1.88. The van der Waals surface area contributed by atoms with Gasteiger partial charge in [0.1, 0.15) is 11.2 Å². The molecule has 0 unspecified atom stereocenters. The average Bonchev–Trinajstić information content (AvgIpc) is 4.18. The lowest BCUT2D eigenvalue weighted by Gasteiger charge is -2.11. The zero-order chi connectivity index (χ0) is 45.9. The van der Waals surface area contributed by atoms with Gasteiger partial charge in [0.05, 0.1) is 38.5 Å². The Morgan fingerprint density at radius 1 is 0.286 bits per heavy atom. The van der Waals surface area contributed by atoms with E-state index in [-0.39, 0.29) is 0 Å². The number of hydrogen-bond acceptors (Lipinski definition) is 4. The maximum Gasteiger partial charge on any atom is 0.164 e. The summed E-state index contributed by atoms with van der Waals surface area (Å²) in [6.45, 7) is 0. The highest BCUT2D eigenvalue weighted by molar-refractivity contribution is 6.31. The molecule has 0 fully saturated rings. The fourth-order valence-electron chi connectivity index (χ4n) is 11.0. The van der Waals surface area contributed by atoms with E-state index < -0.39 is 0 Å². The first kappa shape index (κ1) is 38.5. The van der Waals surface area contributed by atoms with Gasteiger partial charge in [0, 0.05) is 71.5 Å². The molecule has 0 aliphatic heterocycles. The number of benzene rings is 10. The van der Waals surface area contributed by atoms with Crippen LogP contribution in [0.25, 0.3) is 139 Å². The zero-order valence-corrected chi connectivity index (χ0v) is 37.5. The molecule has 0 saturated heterocycles. The maximum atomic E-state index is 6.76. The Morgan fingerprint density at radius 3 is 1.46 bits per heavy atom. The van der Waals surface area contributed by atoms with Gasteiger partial charge in [-0.1, -0.05) is 133 Å². The van der Waals surface area contributed by atoms with Gasteiger partial charge >= 0.3 is 0 Å². The fourth-order valence-corrected chi connectivity index (χ4v) is 11.0. The van der Waals surface area contributed by atoms with Gasteiger partial charge in [-0.25, -0.2) is 15.0 Å². The molecule has 10 aromatic carbocycles. The highest BCUT2D eigenvalue weighted by atomic mass is 16.3. The van der Waals surface area contributed by atoms with Crippen LogP contribution in [0.2, 0.25) is 0 Å². The Kier molecular flexibility index (Phi) is 8.23. The Balaban J connectivity index is 1.00. The standard InChI is InChI=1S/C63H38N6O/c1-5-17-39(18-6-1)61-64-62(40-19-7-2-8-20-40)66-63(65-61)41-29-33-52-49(37-41)50-38-44(30-34-53(50)67(52)42-21-9-3-10-22-42)68-51-27-15-13-26-47(51)57-54(68)36-32-48-58-55(69(59(48)57)43-23-11-4-12-24-43)35-31-46-45-25-14-16-28-56(45)70-60(46)58/h1-38H. The molecule has 5 heterocycles. The van der Waals surface area contributed by atoms with Crippen molar-refractivity contribution in [2.24, 2.45) is 0 Å². The van der Waals surface area contributed by atoms with Crippen molar-refractivity contribution >= 4 is 87.4 Å². The van der Waals surface area contributed by atoms with Crippen molar-refractivity contribution in [1.82, 2.24) is 28.7 Å². The van der Waals surface area contributed by atoms with E-state index >= 15 is 0 Å². The first-order chi connectivity index (χ1) is 34.7. The molecule has 0 aliphatic rings. The molecule has 0 atom stereocenters. The average molecular weight is 895 g/mol. The molecular weight excluding hydrogens is 857 g/mol. The van der Waals surface area contributed by atoms with Crippen LogP contribution in [0.4, 0.5) is 0 Å². The summed E-state index contributed by atoms with van der Waals surface area (Å²) in [5.41, 5.74) is 14.5. The number of fused-ring (bicyclic) bond motifs is 14. The van der Waals surface area contributed by atoms with E-state index in [0.29, 0.717) is 17.5 Å². The molecule has 0 radical (unpaired) electrons.